The zero-order valence-corrected chi connectivity index (χ0v) is 13.1. The summed E-state index contributed by atoms with van der Waals surface area (Å²) in [5.74, 6) is 6.50. The van der Waals surface area contributed by atoms with Crippen molar-refractivity contribution in [2.45, 2.75) is 18.1 Å². The van der Waals surface area contributed by atoms with Crippen molar-refractivity contribution in [1.82, 2.24) is 9.97 Å². The van der Waals surface area contributed by atoms with Crippen molar-refractivity contribution in [3.8, 4) is 5.88 Å². The minimum absolute atomic E-state index is 0.496. The number of para-hydroxylation sites is 2. The molecule has 116 valence electrons. The van der Waals surface area contributed by atoms with Crippen LogP contribution >= 0.6 is 11.8 Å². The molecule has 1 aliphatic heterocycles. The average Bonchev–Trinajstić information content (AvgIpc) is 2.55. The predicted molar refractivity (Wildman–Crippen MR) is 86.2 cm³/mol. The van der Waals surface area contributed by atoms with Crippen molar-refractivity contribution >= 4 is 23.1 Å². The molecule has 0 saturated heterocycles. The molecule has 1 aromatic heterocycles. The summed E-state index contributed by atoms with van der Waals surface area (Å²) >= 11 is 1.49. The van der Waals surface area contributed by atoms with Gasteiger partial charge in [-0.15, -0.1) is 5.17 Å². The first-order valence-corrected chi connectivity index (χ1v) is 8.24. The molecule has 3 rings (SSSR count). The normalized spacial score (nSPS) is 13.5. The lowest BCUT2D eigenvalue weighted by Crippen LogP contribution is -2.84. The van der Waals surface area contributed by atoms with E-state index in [0.717, 1.165) is 35.9 Å². The number of fused-ring (bicyclic) bond motifs is 1. The van der Waals surface area contributed by atoms with Gasteiger partial charge in [-0.25, -0.2) is 10.8 Å². The van der Waals surface area contributed by atoms with Crippen LogP contribution in [0.5, 0.6) is 5.88 Å². The molecule has 0 saturated carbocycles. The molecular weight excluding hydrogens is 300 g/mol. The molecule has 0 unspecified atom stereocenters. The van der Waals surface area contributed by atoms with Gasteiger partial charge in [0.2, 0.25) is 0 Å². The van der Waals surface area contributed by atoms with Gasteiger partial charge in [-0.05, 0) is 18.4 Å². The molecule has 1 aromatic carbocycles. The summed E-state index contributed by atoms with van der Waals surface area (Å²) < 4.78 is 0. The van der Waals surface area contributed by atoms with Crippen molar-refractivity contribution in [3.05, 3.63) is 35.5 Å². The van der Waals surface area contributed by atoms with Gasteiger partial charge in [-0.3, -0.25) is 0 Å². The van der Waals surface area contributed by atoms with Crippen LogP contribution in [0, 0.1) is 0 Å². The van der Waals surface area contributed by atoms with Crippen molar-refractivity contribution in [1.29, 1.82) is 0 Å². The topological polar surface area (TPSA) is 107 Å². The fourth-order valence-corrected chi connectivity index (χ4v) is 2.76. The highest BCUT2D eigenvalue weighted by molar-refractivity contribution is 7.98. The third-order valence-corrected chi connectivity index (χ3v) is 4.06. The van der Waals surface area contributed by atoms with Crippen LogP contribution in [0.25, 0.3) is 0 Å². The van der Waals surface area contributed by atoms with Gasteiger partial charge in [-0.1, -0.05) is 23.9 Å². The van der Waals surface area contributed by atoms with Crippen LogP contribution < -0.4 is 26.9 Å². The lowest BCUT2D eigenvalue weighted by molar-refractivity contribution is -0.673. The van der Waals surface area contributed by atoms with E-state index in [1.54, 1.807) is 12.1 Å². The number of benzene rings is 1. The summed E-state index contributed by atoms with van der Waals surface area (Å²) in [5, 5.41) is 4.05. The largest absolute Gasteiger partial charge is 0.397 e. The van der Waals surface area contributed by atoms with E-state index in [9.17, 15) is 0 Å². The second-order valence-corrected chi connectivity index (χ2v) is 5.72. The molecule has 1 aliphatic rings. The van der Waals surface area contributed by atoms with Crippen molar-refractivity contribution in [2.75, 3.05) is 23.7 Å². The number of hydrazine groups is 1. The number of nitrogens with two attached hydrogens (primary N) is 3. The first-order chi connectivity index (χ1) is 10.7. The lowest BCUT2D eigenvalue weighted by atomic mass is 10.1. The number of rotatable bonds is 4. The third kappa shape index (κ3) is 2.94. The Kier molecular flexibility index (Phi) is 4.32. The van der Waals surface area contributed by atoms with E-state index >= 15 is 0 Å². The summed E-state index contributed by atoms with van der Waals surface area (Å²) in [6, 6.07) is 7.27. The van der Waals surface area contributed by atoms with Crippen LogP contribution in [-0.2, 0) is 13.0 Å². The van der Waals surface area contributed by atoms with Gasteiger partial charge in [0.25, 0.3) is 5.88 Å². The van der Waals surface area contributed by atoms with Crippen LogP contribution in [0.3, 0.4) is 0 Å². The molecule has 0 spiro atoms. The van der Waals surface area contributed by atoms with Crippen LogP contribution in [0.1, 0.15) is 11.3 Å². The quantitative estimate of drug-likeness (QED) is 0.241. The molecule has 0 fully saturated rings. The van der Waals surface area contributed by atoms with E-state index in [2.05, 4.69) is 15.3 Å². The molecule has 0 radical (unpaired) electrons. The number of quaternary nitrogens is 1. The summed E-state index contributed by atoms with van der Waals surface area (Å²) in [6.07, 6.45) is 2.84. The number of nitrogen functional groups attached to an aromatic ring is 1. The molecule has 0 atom stereocenters. The first-order valence-electron chi connectivity index (χ1n) is 7.01. The van der Waals surface area contributed by atoms with Crippen LogP contribution in [0.2, 0.25) is 0 Å². The highest BCUT2D eigenvalue weighted by Gasteiger charge is 2.22. The smallest absolute Gasteiger partial charge is 0.261 e. The van der Waals surface area contributed by atoms with E-state index in [0.29, 0.717) is 22.4 Å². The molecule has 2 heterocycles. The second kappa shape index (κ2) is 6.39. The van der Waals surface area contributed by atoms with E-state index < -0.39 is 0 Å². The van der Waals surface area contributed by atoms with Gasteiger partial charge >= 0.3 is 0 Å². The Morgan fingerprint density at radius 3 is 2.91 bits per heavy atom. The number of aromatic nitrogens is 2. The van der Waals surface area contributed by atoms with Crippen molar-refractivity contribution < 1.29 is 10.2 Å². The Morgan fingerprint density at radius 2 is 2.14 bits per heavy atom. The number of hydrogen-bond acceptors (Lipinski definition) is 7. The monoisotopic (exact) mass is 319 g/mol. The first kappa shape index (κ1) is 14.9. The van der Waals surface area contributed by atoms with Gasteiger partial charge in [0.15, 0.2) is 5.16 Å². The SMILES string of the molecule is CSc1nc2c(c(ON(N)c3ccccc3N)n1)C[NH2+]CC2. The summed E-state index contributed by atoms with van der Waals surface area (Å²) in [7, 11) is 0. The summed E-state index contributed by atoms with van der Waals surface area (Å²) in [6.45, 7) is 1.81. The second-order valence-electron chi connectivity index (χ2n) is 4.95. The minimum atomic E-state index is 0.496. The molecule has 6 N–H and O–H groups in total. The van der Waals surface area contributed by atoms with Crippen LogP contribution in [0.4, 0.5) is 11.4 Å². The molecule has 2 aromatic rings. The van der Waals surface area contributed by atoms with Crippen molar-refractivity contribution in [2.24, 2.45) is 5.84 Å². The highest BCUT2D eigenvalue weighted by Crippen LogP contribution is 2.26. The summed E-state index contributed by atoms with van der Waals surface area (Å²) in [5.41, 5.74) is 9.10. The Labute approximate surface area is 133 Å². The molecule has 22 heavy (non-hydrogen) atoms. The number of hydrogen-bond donors (Lipinski definition) is 3. The molecular formula is C14H19N6OS+. The number of anilines is 2. The van der Waals surface area contributed by atoms with Gasteiger partial charge < -0.3 is 15.9 Å². The third-order valence-electron chi connectivity index (χ3n) is 3.51. The lowest BCUT2D eigenvalue weighted by Gasteiger charge is -2.22. The Hall–Kier alpha value is -2.03. The average molecular weight is 319 g/mol. The van der Waals surface area contributed by atoms with Crippen LogP contribution in [0.15, 0.2) is 29.4 Å². The maximum absolute atomic E-state index is 6.01. The molecule has 0 amide bonds. The Bertz CT molecular complexity index is 680. The molecule has 0 aliphatic carbocycles. The number of thioether (sulfide) groups is 1. The maximum Gasteiger partial charge on any atom is 0.261 e. The van der Waals surface area contributed by atoms with Crippen LogP contribution in [-0.4, -0.2) is 22.8 Å². The minimum Gasteiger partial charge on any atom is -0.397 e. The van der Waals surface area contributed by atoms with Gasteiger partial charge in [0, 0.05) is 6.42 Å². The fraction of sp³-hybridized carbons (Fsp3) is 0.286. The van der Waals surface area contributed by atoms with Gasteiger partial charge in [-0.2, -0.15) is 4.98 Å². The maximum atomic E-state index is 6.01. The molecule has 8 heteroatoms. The number of nitrogens with zero attached hydrogens (tertiary/aromatic N) is 3. The Balaban J connectivity index is 1.93. The highest BCUT2D eigenvalue weighted by atomic mass is 32.2. The van der Waals surface area contributed by atoms with E-state index in [1.165, 1.54) is 11.8 Å². The zero-order chi connectivity index (χ0) is 15.5. The van der Waals surface area contributed by atoms with E-state index in [4.69, 9.17) is 16.4 Å². The summed E-state index contributed by atoms with van der Waals surface area (Å²) in [4.78, 5) is 14.8. The van der Waals surface area contributed by atoms with E-state index in [1.807, 2.05) is 18.4 Å². The predicted octanol–water partition coefficient (Wildman–Crippen LogP) is 0.0743. The van der Waals surface area contributed by atoms with E-state index in [-0.39, 0.29) is 0 Å². The van der Waals surface area contributed by atoms with Crippen molar-refractivity contribution in [3.63, 3.8) is 0 Å². The molecule has 0 bridgehead atoms. The van der Waals surface area contributed by atoms with Gasteiger partial charge in [0.05, 0.1) is 23.5 Å². The molecule has 7 nitrogen and oxygen atoms in total. The fourth-order valence-electron chi connectivity index (χ4n) is 2.38. The Morgan fingerprint density at radius 1 is 1.32 bits per heavy atom. The van der Waals surface area contributed by atoms with Gasteiger partial charge in [0.1, 0.15) is 12.2 Å². The zero-order valence-electron chi connectivity index (χ0n) is 12.3. The standard InChI is InChI=1S/C14H18N6OS/c1-22-14-18-11-6-7-17-8-9(11)13(19-14)21-20(16)12-5-3-2-4-10(12)15/h2-5,17H,6-8,15-16H2,1H3/p+1.